The van der Waals surface area contributed by atoms with Gasteiger partial charge in [-0.3, -0.25) is 0 Å². The Morgan fingerprint density at radius 2 is 2.19 bits per heavy atom. The van der Waals surface area contributed by atoms with Gasteiger partial charge in [0.1, 0.15) is 0 Å². The molecule has 1 aliphatic heterocycles. The molecule has 2 heteroatoms. The number of aryl methyl sites for hydroxylation is 2. The lowest BCUT2D eigenvalue weighted by atomic mass is 9.93. The third kappa shape index (κ3) is 2.80. The summed E-state index contributed by atoms with van der Waals surface area (Å²) in [6.07, 6.45) is 2.34. The first-order valence-corrected chi connectivity index (χ1v) is 7.22. The second-order valence-corrected chi connectivity index (χ2v) is 6.06. The van der Waals surface area contributed by atoms with E-state index in [9.17, 15) is 0 Å². The number of hydrogen-bond donors (Lipinski definition) is 1. The molecule has 1 aromatic rings. The van der Waals surface area contributed by atoms with Gasteiger partial charge in [-0.15, -0.1) is 0 Å². The summed E-state index contributed by atoms with van der Waals surface area (Å²) >= 11 is 2.05. The maximum absolute atomic E-state index is 6.29. The second kappa shape index (κ2) is 5.24. The quantitative estimate of drug-likeness (QED) is 0.872. The molecule has 2 N–H and O–H groups in total. The predicted octanol–water partition coefficient (Wildman–Crippen LogP) is 2.93. The fourth-order valence-corrected chi connectivity index (χ4v) is 3.61. The molecule has 2 rings (SSSR count). The fraction of sp³-hybridized carbons (Fsp3) is 0.571. The second-order valence-electron chi connectivity index (χ2n) is 4.91. The topological polar surface area (TPSA) is 26.0 Å². The highest BCUT2D eigenvalue weighted by molar-refractivity contribution is 7.99. The Labute approximate surface area is 103 Å². The maximum Gasteiger partial charge on any atom is 0.0116 e. The van der Waals surface area contributed by atoms with E-state index in [1.165, 1.54) is 34.6 Å². The van der Waals surface area contributed by atoms with Crippen LogP contribution in [-0.2, 0) is 6.42 Å². The Bertz CT molecular complexity index is 356. The molecule has 1 aromatic carbocycles. The van der Waals surface area contributed by atoms with Crippen molar-refractivity contribution >= 4 is 11.8 Å². The number of rotatable bonds is 3. The Morgan fingerprint density at radius 3 is 2.81 bits per heavy atom. The minimum Gasteiger partial charge on any atom is -0.327 e. The lowest BCUT2D eigenvalue weighted by Gasteiger charge is -2.18. The van der Waals surface area contributed by atoms with Crippen molar-refractivity contribution < 1.29 is 0 Å². The van der Waals surface area contributed by atoms with Gasteiger partial charge in [0.2, 0.25) is 0 Å². The summed E-state index contributed by atoms with van der Waals surface area (Å²) in [5.74, 6) is 3.28. The highest BCUT2D eigenvalue weighted by Crippen LogP contribution is 2.27. The zero-order chi connectivity index (χ0) is 11.5. The van der Waals surface area contributed by atoms with E-state index in [2.05, 4.69) is 32.0 Å². The molecule has 1 saturated heterocycles. The molecule has 0 spiro atoms. The molecule has 1 fully saturated rings. The molecular formula is C14H21NS. The van der Waals surface area contributed by atoms with E-state index in [-0.39, 0.29) is 0 Å². The Kier molecular flexibility index (Phi) is 3.93. The predicted molar refractivity (Wildman–Crippen MR) is 73.0 cm³/mol. The van der Waals surface area contributed by atoms with Crippen LogP contribution in [0.25, 0.3) is 0 Å². The Morgan fingerprint density at radius 1 is 1.38 bits per heavy atom. The summed E-state index contributed by atoms with van der Waals surface area (Å²) in [6, 6.07) is 7.07. The van der Waals surface area contributed by atoms with Crippen LogP contribution in [-0.4, -0.2) is 17.5 Å². The summed E-state index contributed by atoms with van der Waals surface area (Å²) in [5, 5.41) is 0. The van der Waals surface area contributed by atoms with Crippen molar-refractivity contribution in [2.75, 3.05) is 11.5 Å². The van der Waals surface area contributed by atoms with Crippen LogP contribution in [0.1, 0.15) is 23.1 Å². The van der Waals surface area contributed by atoms with Gasteiger partial charge in [-0.1, -0.05) is 18.2 Å². The molecule has 0 aliphatic carbocycles. The lowest BCUT2D eigenvalue weighted by molar-refractivity contribution is 0.462. The van der Waals surface area contributed by atoms with E-state index >= 15 is 0 Å². The van der Waals surface area contributed by atoms with Gasteiger partial charge >= 0.3 is 0 Å². The highest BCUT2D eigenvalue weighted by Gasteiger charge is 2.22. The van der Waals surface area contributed by atoms with Crippen molar-refractivity contribution in [2.24, 2.45) is 11.7 Å². The van der Waals surface area contributed by atoms with Gasteiger partial charge < -0.3 is 5.73 Å². The molecule has 1 aliphatic rings. The monoisotopic (exact) mass is 235 g/mol. The lowest BCUT2D eigenvalue weighted by Crippen LogP contribution is -2.32. The van der Waals surface area contributed by atoms with Crippen molar-refractivity contribution in [3.05, 3.63) is 34.9 Å². The Balaban J connectivity index is 1.99. The molecule has 2 atom stereocenters. The molecule has 0 bridgehead atoms. The number of nitrogens with two attached hydrogens (primary N) is 1. The molecule has 2 unspecified atom stereocenters. The molecule has 88 valence electrons. The first kappa shape index (κ1) is 12.0. The van der Waals surface area contributed by atoms with E-state index in [0.29, 0.717) is 6.04 Å². The van der Waals surface area contributed by atoms with Crippen molar-refractivity contribution in [1.82, 2.24) is 0 Å². The molecular weight excluding hydrogens is 214 g/mol. The zero-order valence-corrected chi connectivity index (χ0v) is 11.0. The van der Waals surface area contributed by atoms with Crippen LogP contribution < -0.4 is 5.73 Å². The molecule has 16 heavy (non-hydrogen) atoms. The van der Waals surface area contributed by atoms with Crippen LogP contribution in [0.15, 0.2) is 18.2 Å². The number of benzene rings is 1. The van der Waals surface area contributed by atoms with Crippen molar-refractivity contribution in [1.29, 1.82) is 0 Å². The smallest absolute Gasteiger partial charge is 0.0116 e. The van der Waals surface area contributed by atoms with Gasteiger partial charge in [-0.25, -0.2) is 0 Å². The van der Waals surface area contributed by atoms with Crippen molar-refractivity contribution in [3.63, 3.8) is 0 Å². The molecule has 0 radical (unpaired) electrons. The van der Waals surface area contributed by atoms with E-state index in [0.717, 1.165) is 12.3 Å². The molecule has 1 heterocycles. The van der Waals surface area contributed by atoms with Crippen LogP contribution in [0, 0.1) is 19.8 Å². The average Bonchev–Trinajstić information content (AvgIpc) is 2.77. The number of hydrogen-bond acceptors (Lipinski definition) is 2. The average molecular weight is 235 g/mol. The van der Waals surface area contributed by atoms with Crippen LogP contribution in [0.5, 0.6) is 0 Å². The summed E-state index contributed by atoms with van der Waals surface area (Å²) in [6.45, 7) is 4.34. The minimum absolute atomic E-state index is 0.345. The van der Waals surface area contributed by atoms with E-state index in [4.69, 9.17) is 5.73 Å². The molecule has 0 amide bonds. The number of thioether (sulfide) groups is 1. The molecule has 0 aromatic heterocycles. The van der Waals surface area contributed by atoms with Gasteiger partial charge in [-0.2, -0.15) is 11.8 Å². The highest BCUT2D eigenvalue weighted by atomic mass is 32.2. The zero-order valence-electron chi connectivity index (χ0n) is 10.2. The summed E-state index contributed by atoms with van der Waals surface area (Å²) in [4.78, 5) is 0. The summed E-state index contributed by atoms with van der Waals surface area (Å²) < 4.78 is 0. The van der Waals surface area contributed by atoms with Crippen LogP contribution >= 0.6 is 11.8 Å². The third-order valence-corrected chi connectivity index (χ3v) is 4.80. The van der Waals surface area contributed by atoms with Crippen molar-refractivity contribution in [2.45, 2.75) is 32.7 Å². The van der Waals surface area contributed by atoms with Gasteiger partial charge in [0.25, 0.3) is 0 Å². The van der Waals surface area contributed by atoms with Gasteiger partial charge in [0, 0.05) is 6.04 Å². The normalized spacial score (nSPS) is 22.3. The maximum atomic E-state index is 6.29. The standard InChI is InChI=1S/C14H21NS/c1-10-3-4-12(7-11(10)2)8-14(15)13-5-6-16-9-13/h3-4,7,13-14H,5-6,8-9,15H2,1-2H3. The fourth-order valence-electron chi connectivity index (χ4n) is 2.26. The van der Waals surface area contributed by atoms with Crippen LogP contribution in [0.4, 0.5) is 0 Å². The molecule has 0 saturated carbocycles. The van der Waals surface area contributed by atoms with E-state index < -0.39 is 0 Å². The SMILES string of the molecule is Cc1ccc(CC(N)C2CCSC2)cc1C. The van der Waals surface area contributed by atoms with E-state index in [1.54, 1.807) is 0 Å². The van der Waals surface area contributed by atoms with Gasteiger partial charge in [0.05, 0.1) is 0 Å². The summed E-state index contributed by atoms with van der Waals surface area (Å²) in [7, 11) is 0. The minimum atomic E-state index is 0.345. The summed E-state index contributed by atoms with van der Waals surface area (Å²) in [5.41, 5.74) is 10.4. The van der Waals surface area contributed by atoms with Gasteiger partial charge in [0.15, 0.2) is 0 Å². The van der Waals surface area contributed by atoms with E-state index in [1.807, 2.05) is 11.8 Å². The largest absolute Gasteiger partial charge is 0.327 e. The van der Waals surface area contributed by atoms with Crippen LogP contribution in [0.2, 0.25) is 0 Å². The first-order valence-electron chi connectivity index (χ1n) is 6.06. The first-order chi connectivity index (χ1) is 7.66. The molecule has 1 nitrogen and oxygen atoms in total. The van der Waals surface area contributed by atoms with Gasteiger partial charge in [-0.05, 0) is 60.8 Å². The van der Waals surface area contributed by atoms with Crippen molar-refractivity contribution in [3.8, 4) is 0 Å². The van der Waals surface area contributed by atoms with Crippen LogP contribution in [0.3, 0.4) is 0 Å². The Hall–Kier alpha value is -0.470. The third-order valence-electron chi connectivity index (χ3n) is 3.61.